The van der Waals surface area contributed by atoms with Gasteiger partial charge in [-0.25, -0.2) is 13.2 Å². The monoisotopic (exact) mass is 268 g/mol. The maximum atomic E-state index is 13.6. The molecule has 0 bridgehead atoms. The van der Waals surface area contributed by atoms with Gasteiger partial charge in [-0.3, -0.25) is 4.79 Å². The Morgan fingerprint density at radius 1 is 0.889 bits per heavy atom. The number of carbonyl (C=O) groups is 1. The average Bonchev–Trinajstić information content (AvgIpc) is 2.36. The van der Waals surface area contributed by atoms with Crippen LogP contribution in [0.5, 0.6) is 0 Å². The summed E-state index contributed by atoms with van der Waals surface area (Å²) in [4.78, 5) is 10.6. The fourth-order valence-corrected chi connectivity index (χ4v) is 2.21. The standard InChI is InChI=1S/C13H7F3OS/c14-9-2-3-10(15)13(6-9)18-12-4-1-8(7-17)5-11(12)16/h1-7H. The molecule has 0 radical (unpaired) electrons. The third-order valence-corrected chi connectivity index (χ3v) is 3.29. The van der Waals surface area contributed by atoms with E-state index in [4.69, 9.17) is 0 Å². The molecule has 2 rings (SSSR count). The molecule has 18 heavy (non-hydrogen) atoms. The lowest BCUT2D eigenvalue weighted by atomic mass is 10.2. The Kier molecular flexibility index (Phi) is 3.72. The number of hydrogen-bond donors (Lipinski definition) is 0. The van der Waals surface area contributed by atoms with Crippen LogP contribution in [0.1, 0.15) is 10.4 Å². The van der Waals surface area contributed by atoms with Crippen molar-refractivity contribution in [2.24, 2.45) is 0 Å². The molecule has 5 heteroatoms. The lowest BCUT2D eigenvalue weighted by Crippen LogP contribution is -1.88. The van der Waals surface area contributed by atoms with Crippen LogP contribution in [-0.2, 0) is 0 Å². The molecule has 92 valence electrons. The third kappa shape index (κ3) is 2.73. The van der Waals surface area contributed by atoms with Crippen LogP contribution >= 0.6 is 11.8 Å². The first-order valence-electron chi connectivity index (χ1n) is 4.98. The van der Waals surface area contributed by atoms with Gasteiger partial charge in [0.25, 0.3) is 0 Å². The normalized spacial score (nSPS) is 10.4. The van der Waals surface area contributed by atoms with Crippen LogP contribution in [0, 0.1) is 17.5 Å². The highest BCUT2D eigenvalue weighted by Gasteiger charge is 2.10. The summed E-state index contributed by atoms with van der Waals surface area (Å²) < 4.78 is 39.9. The number of benzene rings is 2. The topological polar surface area (TPSA) is 17.1 Å². The minimum absolute atomic E-state index is 0.00671. The van der Waals surface area contributed by atoms with Gasteiger partial charge in [0.15, 0.2) is 0 Å². The van der Waals surface area contributed by atoms with Gasteiger partial charge >= 0.3 is 0 Å². The number of halogens is 3. The first kappa shape index (κ1) is 12.7. The number of aldehydes is 1. The van der Waals surface area contributed by atoms with Gasteiger partial charge in [-0.2, -0.15) is 0 Å². The fourth-order valence-electron chi connectivity index (χ4n) is 1.35. The second kappa shape index (κ2) is 5.27. The Balaban J connectivity index is 2.34. The smallest absolute Gasteiger partial charge is 0.150 e. The van der Waals surface area contributed by atoms with Crippen molar-refractivity contribution in [1.29, 1.82) is 0 Å². The molecule has 0 aliphatic carbocycles. The minimum atomic E-state index is -0.645. The Hall–Kier alpha value is -1.75. The van der Waals surface area contributed by atoms with Gasteiger partial charge in [0.2, 0.25) is 0 Å². The maximum absolute atomic E-state index is 13.6. The maximum Gasteiger partial charge on any atom is 0.150 e. The molecule has 1 nitrogen and oxygen atoms in total. The highest BCUT2D eigenvalue weighted by atomic mass is 32.2. The van der Waals surface area contributed by atoms with E-state index in [-0.39, 0.29) is 15.4 Å². The second-order valence-corrected chi connectivity index (χ2v) is 4.57. The van der Waals surface area contributed by atoms with Gasteiger partial charge in [0.1, 0.15) is 23.7 Å². The molecule has 0 amide bonds. The number of hydrogen-bond acceptors (Lipinski definition) is 2. The number of rotatable bonds is 3. The largest absolute Gasteiger partial charge is 0.298 e. The molecule has 0 saturated carbocycles. The van der Waals surface area contributed by atoms with Crippen LogP contribution in [0.2, 0.25) is 0 Å². The summed E-state index contributed by atoms with van der Waals surface area (Å²) in [5.41, 5.74) is 0.191. The summed E-state index contributed by atoms with van der Waals surface area (Å²) in [6.07, 6.45) is 0.514. The summed E-state index contributed by atoms with van der Waals surface area (Å²) in [6.45, 7) is 0. The average molecular weight is 268 g/mol. The van der Waals surface area contributed by atoms with Crippen LogP contribution in [-0.4, -0.2) is 6.29 Å². The van der Waals surface area contributed by atoms with Gasteiger partial charge in [-0.15, -0.1) is 0 Å². The van der Waals surface area contributed by atoms with Crippen LogP contribution in [0.4, 0.5) is 13.2 Å². The van der Waals surface area contributed by atoms with Crippen molar-refractivity contribution < 1.29 is 18.0 Å². The SMILES string of the molecule is O=Cc1ccc(Sc2cc(F)ccc2F)c(F)c1. The molecule has 0 aliphatic rings. The van der Waals surface area contributed by atoms with Gasteiger partial charge in [-0.1, -0.05) is 17.8 Å². The second-order valence-electron chi connectivity index (χ2n) is 3.48. The molecule has 0 aliphatic heterocycles. The van der Waals surface area contributed by atoms with Gasteiger partial charge < -0.3 is 0 Å². The summed E-state index contributed by atoms with van der Waals surface area (Å²) >= 11 is 0.768. The quantitative estimate of drug-likeness (QED) is 0.781. The van der Waals surface area contributed by atoms with Crippen molar-refractivity contribution in [3.63, 3.8) is 0 Å². The Labute approximate surface area is 106 Å². The Morgan fingerprint density at radius 2 is 1.67 bits per heavy atom. The van der Waals surface area contributed by atoms with Gasteiger partial charge in [0, 0.05) is 10.5 Å². The zero-order valence-electron chi connectivity index (χ0n) is 8.99. The van der Waals surface area contributed by atoms with E-state index in [1.54, 1.807) is 0 Å². The summed E-state index contributed by atoms with van der Waals surface area (Å²) in [5, 5.41) is 0. The highest BCUT2D eigenvalue weighted by molar-refractivity contribution is 7.99. The van der Waals surface area contributed by atoms with E-state index in [1.165, 1.54) is 12.1 Å². The fraction of sp³-hybridized carbons (Fsp3) is 0. The van der Waals surface area contributed by atoms with Crippen molar-refractivity contribution >= 4 is 18.0 Å². The Bertz CT molecular complexity index is 599. The molecule has 0 saturated heterocycles. The molecule has 0 fully saturated rings. The van der Waals surface area contributed by atoms with Crippen LogP contribution in [0.3, 0.4) is 0 Å². The van der Waals surface area contributed by atoms with Crippen LogP contribution in [0.15, 0.2) is 46.2 Å². The highest BCUT2D eigenvalue weighted by Crippen LogP contribution is 2.32. The predicted molar refractivity (Wildman–Crippen MR) is 62.3 cm³/mol. The lowest BCUT2D eigenvalue weighted by molar-refractivity contribution is 0.112. The zero-order valence-corrected chi connectivity index (χ0v) is 9.81. The minimum Gasteiger partial charge on any atom is -0.298 e. The van der Waals surface area contributed by atoms with Crippen molar-refractivity contribution in [3.8, 4) is 0 Å². The first-order chi connectivity index (χ1) is 8.60. The molecule has 0 heterocycles. The van der Waals surface area contributed by atoms with E-state index < -0.39 is 17.5 Å². The molecule has 0 aromatic heterocycles. The van der Waals surface area contributed by atoms with Gasteiger partial charge in [-0.05, 0) is 30.3 Å². The summed E-state index contributed by atoms with van der Waals surface area (Å²) in [5.74, 6) is -1.86. The van der Waals surface area contributed by atoms with E-state index in [1.807, 2.05) is 0 Å². The molecule has 2 aromatic carbocycles. The molecule has 2 aromatic rings. The first-order valence-corrected chi connectivity index (χ1v) is 5.79. The van der Waals surface area contributed by atoms with E-state index in [9.17, 15) is 18.0 Å². The summed E-state index contributed by atoms with van der Waals surface area (Å²) in [6, 6.07) is 6.78. The summed E-state index contributed by atoms with van der Waals surface area (Å²) in [7, 11) is 0. The van der Waals surface area contributed by atoms with E-state index in [0.717, 1.165) is 36.0 Å². The zero-order chi connectivity index (χ0) is 13.1. The lowest BCUT2D eigenvalue weighted by Gasteiger charge is -2.05. The molecule has 0 unspecified atom stereocenters. The molecule has 0 spiro atoms. The predicted octanol–water partition coefficient (Wildman–Crippen LogP) is 4.07. The van der Waals surface area contributed by atoms with Crippen molar-refractivity contribution in [2.45, 2.75) is 9.79 Å². The number of carbonyl (C=O) groups excluding carboxylic acids is 1. The van der Waals surface area contributed by atoms with Gasteiger partial charge in [0.05, 0.1) is 4.90 Å². The van der Waals surface area contributed by atoms with E-state index in [2.05, 4.69) is 0 Å². The molecule has 0 atom stereocenters. The van der Waals surface area contributed by atoms with Crippen LogP contribution < -0.4 is 0 Å². The van der Waals surface area contributed by atoms with E-state index in [0.29, 0.717) is 6.29 Å². The molecule has 0 N–H and O–H groups in total. The van der Waals surface area contributed by atoms with E-state index >= 15 is 0 Å². The Morgan fingerprint density at radius 3 is 2.33 bits per heavy atom. The van der Waals surface area contributed by atoms with Crippen LogP contribution in [0.25, 0.3) is 0 Å². The third-order valence-electron chi connectivity index (χ3n) is 2.21. The molecular weight excluding hydrogens is 261 g/mol. The van der Waals surface area contributed by atoms with Crippen molar-refractivity contribution in [2.75, 3.05) is 0 Å². The van der Waals surface area contributed by atoms with Crippen molar-refractivity contribution in [1.82, 2.24) is 0 Å². The van der Waals surface area contributed by atoms with Crippen molar-refractivity contribution in [3.05, 3.63) is 59.4 Å². The molecular formula is C13H7F3OS.